The van der Waals surface area contributed by atoms with E-state index < -0.39 is 5.97 Å². The van der Waals surface area contributed by atoms with E-state index in [0.29, 0.717) is 11.6 Å². The van der Waals surface area contributed by atoms with E-state index in [1.165, 1.54) is 6.07 Å². The van der Waals surface area contributed by atoms with Gasteiger partial charge in [0.25, 0.3) is 0 Å². The third-order valence-corrected chi connectivity index (χ3v) is 3.98. The summed E-state index contributed by atoms with van der Waals surface area (Å²) in [5.41, 5.74) is 2.29. The number of hydrogen-bond donors (Lipinski definition) is 1. The molecule has 0 spiro atoms. The van der Waals surface area contributed by atoms with Crippen molar-refractivity contribution in [2.75, 3.05) is 13.2 Å². The number of ether oxygens (including phenoxy) is 2. The van der Waals surface area contributed by atoms with Crippen LogP contribution in [0.3, 0.4) is 0 Å². The second kappa shape index (κ2) is 8.41. The quantitative estimate of drug-likeness (QED) is 0.585. The van der Waals surface area contributed by atoms with Crippen LogP contribution in [0.1, 0.15) is 10.4 Å². The molecule has 0 aliphatic carbocycles. The normalized spacial score (nSPS) is 10.3. The Balaban J connectivity index is 1.54. The van der Waals surface area contributed by atoms with Crippen LogP contribution in [0.4, 0.5) is 0 Å². The van der Waals surface area contributed by atoms with Gasteiger partial charge in [0.05, 0.1) is 0 Å². The molecule has 3 aromatic carbocycles. The van der Waals surface area contributed by atoms with E-state index in [1.807, 2.05) is 42.5 Å². The highest BCUT2D eigenvalue weighted by Crippen LogP contribution is 2.24. The van der Waals surface area contributed by atoms with Crippen molar-refractivity contribution in [1.82, 2.24) is 0 Å². The highest BCUT2D eigenvalue weighted by atomic mass is 35.5. The fourth-order valence-corrected chi connectivity index (χ4v) is 2.65. The topological polar surface area (TPSA) is 55.8 Å². The standard InChI is InChI=1S/C21H17ClO4/c22-17-8-11-20(19(14-17)21(23)24)26-13-12-25-18-9-6-16(7-10-18)15-4-2-1-3-5-15/h1-11,14H,12-13H2,(H,23,24). The van der Waals surface area contributed by atoms with Crippen molar-refractivity contribution < 1.29 is 19.4 Å². The van der Waals surface area contributed by atoms with E-state index in [0.717, 1.165) is 16.9 Å². The van der Waals surface area contributed by atoms with Crippen LogP contribution in [0.15, 0.2) is 72.8 Å². The Kier molecular flexibility index (Phi) is 5.77. The third kappa shape index (κ3) is 4.55. The zero-order chi connectivity index (χ0) is 18.4. The molecule has 0 bridgehead atoms. The van der Waals surface area contributed by atoms with Crippen molar-refractivity contribution in [3.05, 3.63) is 83.4 Å². The minimum Gasteiger partial charge on any atom is -0.490 e. The van der Waals surface area contributed by atoms with Crippen LogP contribution >= 0.6 is 11.6 Å². The Bertz CT molecular complexity index is 876. The van der Waals surface area contributed by atoms with Crippen LogP contribution in [0, 0.1) is 0 Å². The van der Waals surface area contributed by atoms with E-state index >= 15 is 0 Å². The number of halogens is 1. The molecule has 0 fully saturated rings. The van der Waals surface area contributed by atoms with Crippen molar-refractivity contribution in [2.24, 2.45) is 0 Å². The fourth-order valence-electron chi connectivity index (χ4n) is 2.48. The van der Waals surface area contributed by atoms with E-state index in [1.54, 1.807) is 12.1 Å². The van der Waals surface area contributed by atoms with Gasteiger partial charge in [-0.2, -0.15) is 0 Å². The summed E-state index contributed by atoms with van der Waals surface area (Å²) in [5.74, 6) is -0.0901. The molecule has 1 N–H and O–H groups in total. The van der Waals surface area contributed by atoms with Crippen molar-refractivity contribution in [3.8, 4) is 22.6 Å². The van der Waals surface area contributed by atoms with Gasteiger partial charge in [0.15, 0.2) is 0 Å². The SMILES string of the molecule is O=C(O)c1cc(Cl)ccc1OCCOc1ccc(-c2ccccc2)cc1. The molecule has 0 heterocycles. The molecule has 0 aliphatic heterocycles. The van der Waals surface area contributed by atoms with E-state index in [2.05, 4.69) is 12.1 Å². The molecule has 0 aliphatic rings. The molecule has 4 nitrogen and oxygen atoms in total. The number of aromatic carboxylic acids is 1. The number of carboxylic acids is 1. The highest BCUT2D eigenvalue weighted by Gasteiger charge is 2.11. The van der Waals surface area contributed by atoms with Gasteiger partial charge < -0.3 is 14.6 Å². The van der Waals surface area contributed by atoms with Crippen molar-refractivity contribution >= 4 is 17.6 Å². The summed E-state index contributed by atoms with van der Waals surface area (Å²) >= 11 is 5.82. The van der Waals surface area contributed by atoms with E-state index in [9.17, 15) is 9.90 Å². The first-order chi connectivity index (χ1) is 12.6. The lowest BCUT2D eigenvalue weighted by atomic mass is 10.1. The van der Waals surface area contributed by atoms with Crippen LogP contribution in [-0.4, -0.2) is 24.3 Å². The first-order valence-electron chi connectivity index (χ1n) is 8.07. The summed E-state index contributed by atoms with van der Waals surface area (Å²) in [6, 6.07) is 22.4. The van der Waals surface area contributed by atoms with Gasteiger partial charge in [-0.05, 0) is 41.5 Å². The summed E-state index contributed by atoms with van der Waals surface area (Å²) in [6.07, 6.45) is 0. The van der Waals surface area contributed by atoms with E-state index in [4.69, 9.17) is 21.1 Å². The smallest absolute Gasteiger partial charge is 0.339 e. The molecule has 0 saturated carbocycles. The van der Waals surface area contributed by atoms with Crippen LogP contribution < -0.4 is 9.47 Å². The Morgan fingerprint density at radius 3 is 2.19 bits per heavy atom. The summed E-state index contributed by atoms with van der Waals surface area (Å²) in [7, 11) is 0. The van der Waals surface area contributed by atoms with Crippen molar-refractivity contribution in [1.29, 1.82) is 0 Å². The van der Waals surface area contributed by atoms with Gasteiger partial charge in [-0.3, -0.25) is 0 Å². The molecule has 0 atom stereocenters. The fraction of sp³-hybridized carbons (Fsp3) is 0.0952. The Morgan fingerprint density at radius 1 is 0.846 bits per heavy atom. The maximum Gasteiger partial charge on any atom is 0.339 e. The van der Waals surface area contributed by atoms with Crippen molar-refractivity contribution in [2.45, 2.75) is 0 Å². The zero-order valence-electron chi connectivity index (χ0n) is 13.9. The lowest BCUT2D eigenvalue weighted by molar-refractivity contribution is 0.0691. The number of carbonyl (C=O) groups is 1. The highest BCUT2D eigenvalue weighted by molar-refractivity contribution is 6.31. The number of hydrogen-bond acceptors (Lipinski definition) is 3. The Labute approximate surface area is 156 Å². The van der Waals surface area contributed by atoms with Crippen LogP contribution in [0.2, 0.25) is 5.02 Å². The van der Waals surface area contributed by atoms with Crippen molar-refractivity contribution in [3.63, 3.8) is 0 Å². The Hall–Kier alpha value is -2.98. The number of rotatable bonds is 7. The maximum atomic E-state index is 11.2. The van der Waals surface area contributed by atoms with Gasteiger partial charge in [0, 0.05) is 5.02 Å². The second-order valence-electron chi connectivity index (χ2n) is 5.53. The van der Waals surface area contributed by atoms with Crippen LogP contribution in [-0.2, 0) is 0 Å². The first kappa shape index (κ1) is 17.8. The molecular weight excluding hydrogens is 352 g/mol. The van der Waals surface area contributed by atoms with Gasteiger partial charge in [0.2, 0.25) is 0 Å². The lowest BCUT2D eigenvalue weighted by Crippen LogP contribution is -2.11. The average molecular weight is 369 g/mol. The predicted octanol–water partition coefficient (Wildman–Crippen LogP) is 5.16. The second-order valence-corrected chi connectivity index (χ2v) is 5.97. The Morgan fingerprint density at radius 2 is 1.50 bits per heavy atom. The zero-order valence-corrected chi connectivity index (χ0v) is 14.6. The molecule has 26 heavy (non-hydrogen) atoms. The molecule has 5 heteroatoms. The molecule has 3 rings (SSSR count). The predicted molar refractivity (Wildman–Crippen MR) is 101 cm³/mol. The molecule has 0 unspecified atom stereocenters. The minimum absolute atomic E-state index is 0.0321. The summed E-state index contributed by atoms with van der Waals surface area (Å²) in [5, 5.41) is 9.53. The molecule has 0 radical (unpaired) electrons. The minimum atomic E-state index is -1.08. The van der Waals surface area contributed by atoms with Gasteiger partial charge in [-0.1, -0.05) is 54.1 Å². The largest absolute Gasteiger partial charge is 0.490 e. The third-order valence-electron chi connectivity index (χ3n) is 3.74. The average Bonchev–Trinajstić information content (AvgIpc) is 2.67. The van der Waals surface area contributed by atoms with Gasteiger partial charge in [0.1, 0.15) is 30.3 Å². The van der Waals surface area contributed by atoms with Gasteiger partial charge in [-0.15, -0.1) is 0 Å². The number of benzene rings is 3. The molecule has 132 valence electrons. The molecular formula is C21H17ClO4. The summed E-state index contributed by atoms with van der Waals surface area (Å²) in [4.78, 5) is 11.2. The molecule has 0 amide bonds. The first-order valence-corrected chi connectivity index (χ1v) is 8.45. The van der Waals surface area contributed by atoms with Crippen LogP contribution in [0.25, 0.3) is 11.1 Å². The van der Waals surface area contributed by atoms with E-state index in [-0.39, 0.29) is 17.9 Å². The van der Waals surface area contributed by atoms with Gasteiger partial charge >= 0.3 is 5.97 Å². The van der Waals surface area contributed by atoms with Gasteiger partial charge in [-0.25, -0.2) is 4.79 Å². The summed E-state index contributed by atoms with van der Waals surface area (Å²) in [6.45, 7) is 0.523. The van der Waals surface area contributed by atoms with Crippen LogP contribution in [0.5, 0.6) is 11.5 Å². The monoisotopic (exact) mass is 368 g/mol. The maximum absolute atomic E-state index is 11.2. The number of carboxylic acid groups (broad SMARTS) is 1. The molecule has 0 saturated heterocycles. The summed E-state index contributed by atoms with van der Waals surface area (Å²) < 4.78 is 11.1. The molecule has 3 aromatic rings. The lowest BCUT2D eigenvalue weighted by Gasteiger charge is -2.11. The molecule has 0 aromatic heterocycles.